The van der Waals surface area contributed by atoms with Crippen LogP contribution in [0, 0.1) is 53.3 Å². The van der Waals surface area contributed by atoms with E-state index in [9.17, 15) is 0 Å². The number of hydrogen-bond donors (Lipinski definition) is 5. The predicted octanol–water partition coefficient (Wildman–Crippen LogP) is 28.4. The zero-order valence-electron chi connectivity index (χ0n) is 95.5. The maximum absolute atomic E-state index is 7.75. The van der Waals surface area contributed by atoms with E-state index in [1.807, 2.05) is 0 Å². The van der Waals surface area contributed by atoms with Gasteiger partial charge in [-0.3, -0.25) is 33.9 Å². The average Bonchev–Trinajstić information content (AvgIpc) is 0.702. The molecular weight excluding hydrogens is 2550 g/mol. The Bertz CT molecular complexity index is 3400. The third kappa shape index (κ3) is 55.2. The first-order valence-electron chi connectivity index (χ1n) is 56.8. The van der Waals surface area contributed by atoms with Crippen molar-refractivity contribution in [3.8, 4) is 0 Å². The Morgan fingerprint density at radius 2 is 0.585 bits per heavy atom. The summed E-state index contributed by atoms with van der Waals surface area (Å²) in [5.41, 5.74) is 6.25. The molecule has 5 N–H and O–H groups in total. The zero-order chi connectivity index (χ0) is 111. The van der Waals surface area contributed by atoms with Crippen LogP contribution in [0.4, 0.5) is 0 Å². The van der Waals surface area contributed by atoms with Gasteiger partial charge in [0.2, 0.25) is 0 Å². The predicted molar refractivity (Wildman–Crippen MR) is 682 cm³/mol. The van der Waals surface area contributed by atoms with E-state index in [0.717, 1.165) is 104 Å². The van der Waals surface area contributed by atoms with Crippen LogP contribution in [-0.4, -0.2) is 259 Å². The van der Waals surface area contributed by atoms with E-state index in [-0.39, 0.29) is 63.4 Å². The fourth-order valence-electron chi connectivity index (χ4n) is 30.0. The van der Waals surface area contributed by atoms with Gasteiger partial charge in [-0.25, -0.2) is 0 Å². The molecule has 15 saturated carbocycles. The molecule has 0 aromatic heterocycles. The Hall–Kier alpha value is 4.68. The molecule has 15 fully saturated rings. The SMILES string of the molecule is CC(C)[PH+](C)CCNCC[PH+](C(C)C)C(C)C.C[PH+](CCNCC[PH+](C(C)(C)C)C(C)(C)C)C(C)(C)C.C[PH+](CCNCC[PH+](C12CC3CC(CC(C3)C1)C2)C12CC3CC(CC(C3)C1)C2)C12CC3CC(CC(C3)C1)C2.C[PH+](CCNCC[PH+](C1CCCCC1)C1CCCCC1)C1CCCCC1.C[PH+](CCNCC[PH+](c1ccccc1)c1ccccc1)c1ccccc1.[CH-]=O.[CH-]=O.[CH-]=O.[CH-]=O.[CH-]=O.[Cl][RuH+2].[Cl][RuH+2].[Cl][RuH+2].[Cl][RuH+2].[Cl][RuH+2]. The van der Waals surface area contributed by atoms with Gasteiger partial charge in [-0.1, -0.05) is 73.9 Å². The quantitative estimate of drug-likeness (QED) is 0.0122. The van der Waals surface area contributed by atoms with Crippen molar-refractivity contribution in [2.75, 3.05) is 160 Å². The van der Waals surface area contributed by atoms with E-state index in [1.54, 1.807) is 285 Å². The summed E-state index contributed by atoms with van der Waals surface area (Å²) >= 11 is 8.11. The zero-order valence-corrected chi connectivity index (χ0v) is 119. The van der Waals surface area contributed by atoms with Crippen molar-refractivity contribution >= 4 is 178 Å². The molecule has 0 aliphatic heterocycles. The number of rotatable bonds is 42. The fraction of sp³-hybridized carbons (Fsp3) is 0.803. The number of nitrogens with one attached hydrogen (secondary N) is 5. The molecule has 18 rings (SSSR count). The van der Waals surface area contributed by atoms with Gasteiger partial charge in [-0.15, -0.1) is 0 Å². The van der Waals surface area contributed by atoms with Gasteiger partial charge in [0.05, 0.1) is 157 Å². The van der Waals surface area contributed by atoms with Crippen molar-refractivity contribution in [1.82, 2.24) is 26.6 Å². The second kappa shape index (κ2) is 86.4. The van der Waals surface area contributed by atoms with Crippen molar-refractivity contribution < 1.29 is 111 Å². The summed E-state index contributed by atoms with van der Waals surface area (Å²) in [7, 11) is 20.4. The first-order chi connectivity index (χ1) is 70.8. The molecule has 3 aromatic rings. The Morgan fingerprint density at radius 3 is 0.918 bits per heavy atom. The first-order valence-corrected chi connectivity index (χ1v) is 88.8. The molecule has 5 atom stereocenters. The van der Waals surface area contributed by atoms with Crippen LogP contribution in [0.3, 0.4) is 0 Å². The van der Waals surface area contributed by atoms with Gasteiger partial charge in [0.25, 0.3) is 0 Å². The summed E-state index contributed by atoms with van der Waals surface area (Å²) in [6, 6.07) is 33.1. The number of hydrogen-bond acceptors (Lipinski definition) is 10. The molecule has 147 heavy (non-hydrogen) atoms. The Morgan fingerprint density at radius 1 is 0.306 bits per heavy atom. The first kappa shape index (κ1) is 150. The van der Waals surface area contributed by atoms with Crippen molar-refractivity contribution in [2.45, 2.75) is 381 Å². The van der Waals surface area contributed by atoms with Gasteiger partial charge in [0.15, 0.2) is 0 Å². The monoisotopic (exact) mass is 2770 g/mol. The van der Waals surface area contributed by atoms with Crippen LogP contribution < -0.4 is 42.5 Å². The standard InChI is InChI=1S/C35H57NP2.C23H45NP2.C23H27NP2.C17H39NP2.C14H33NP2.5CHO.5ClH.5Ru.5H/c1-37(33-15-24-6-25(16-33)8-26(7-24)17-33)4-2-36-3-5-38(34-18-27-9-28(19-34)11-29(10-27)20-34)35-21-30-12-31(22-35)14-32(13-30)23-35;2*1-25(21-11-5-2-6-12-21)19-17-24-18-20-26(22-13-7-3-8-14-22)23-15-9-4-10-16-23;1-15(2,3)19(10)13-11-18-12-14-20(16(4,5)6)17(7,8)9;1-12(2)16(7)10-8-15-9-11-17(13(3)4)14(5)6;5*1-2;;;;;;;;;;;;;;;/h24-32,36H,2-23H2,1H3;21-24H,2-20H2,1H3;2-16,24H,17-20H2,1H3;18H,11-14H2,1-10H3;12-15H,8-11H2,1-7H3;5*1H;5*1H;;;;;;;;;;/q;;;;;5*-1;;;;;;5*+3;;;;;/p+5. The van der Waals surface area contributed by atoms with Crippen LogP contribution in [-0.2, 0) is 111 Å². The summed E-state index contributed by atoms with van der Waals surface area (Å²) in [4.78, 5) is 38.8. The van der Waals surface area contributed by atoms with Crippen LogP contribution in [0.15, 0.2) is 91.0 Å². The molecule has 0 amide bonds. The molecule has 15 aliphatic rings. The van der Waals surface area contributed by atoms with Gasteiger partial charge < -0.3 is 50.6 Å². The average molecular weight is 2770 g/mol. The molecule has 3 aromatic carbocycles. The van der Waals surface area contributed by atoms with Crippen molar-refractivity contribution in [1.29, 1.82) is 0 Å². The Balaban J connectivity index is 0.000000901. The van der Waals surface area contributed by atoms with E-state index in [0.29, 0.717) is 15.5 Å². The minimum atomic E-state index is -0.706. The molecule has 15 aliphatic carbocycles. The van der Waals surface area contributed by atoms with Crippen molar-refractivity contribution in [3.63, 3.8) is 0 Å². The van der Waals surface area contributed by atoms with E-state index in [4.69, 9.17) is 24.0 Å². The van der Waals surface area contributed by atoms with E-state index < -0.39 is 15.8 Å². The van der Waals surface area contributed by atoms with Crippen molar-refractivity contribution in [3.05, 3.63) is 91.0 Å². The minimum absolute atomic E-state index is 0.0849. The third-order valence-corrected chi connectivity index (χ3v) is 71.1. The second-order valence-corrected chi connectivity index (χ2v) is 83.3. The van der Waals surface area contributed by atoms with Gasteiger partial charge in [-0.2, -0.15) is 0 Å². The molecule has 854 valence electrons. The molecule has 30 heteroatoms. The molecule has 0 spiro atoms. The Kier molecular flexibility index (Phi) is 88.0. The van der Waals surface area contributed by atoms with Gasteiger partial charge >= 0.3 is 135 Å². The summed E-state index contributed by atoms with van der Waals surface area (Å²) in [5, 5.41) is 27.9. The van der Waals surface area contributed by atoms with Gasteiger partial charge in [0, 0.05) is 163 Å². The summed E-state index contributed by atoms with van der Waals surface area (Å²) in [6.45, 7) is 77.7. The second-order valence-electron chi connectivity index (χ2n) is 49.8. The molecule has 0 saturated heterocycles. The van der Waals surface area contributed by atoms with Crippen LogP contribution in [0.25, 0.3) is 0 Å². The number of halogens is 5. The van der Waals surface area contributed by atoms with Crippen LogP contribution in [0.2, 0.25) is 0 Å². The number of carbonyl (C=O) groups excluding carboxylic acids is 5. The topological polar surface area (TPSA) is 145 Å². The molecule has 0 heterocycles. The Labute approximate surface area is 989 Å². The normalized spacial score (nSPS) is 25.5. The molecule has 12 bridgehead atoms. The van der Waals surface area contributed by atoms with Crippen molar-refractivity contribution in [2.24, 2.45) is 53.3 Å². The van der Waals surface area contributed by atoms with E-state index in [2.05, 4.69) is 337 Å². The van der Waals surface area contributed by atoms with Crippen LogP contribution in [0.5, 0.6) is 0 Å². The van der Waals surface area contributed by atoms with E-state index >= 15 is 0 Å². The summed E-state index contributed by atoms with van der Waals surface area (Å²) < 4.78 is 0. The van der Waals surface area contributed by atoms with Crippen LogP contribution >= 0.6 is 128 Å². The van der Waals surface area contributed by atoms with Crippen LogP contribution in [0.1, 0.15) is 316 Å². The van der Waals surface area contributed by atoms with E-state index in [1.165, 1.54) is 155 Å². The molecule has 10 nitrogen and oxygen atoms in total. The third-order valence-electron chi connectivity index (χ3n) is 36.2. The number of benzene rings is 3. The van der Waals surface area contributed by atoms with Gasteiger partial charge in [-0.05, 0) is 386 Å². The summed E-state index contributed by atoms with van der Waals surface area (Å²) in [6.07, 6.45) is 67.5. The maximum atomic E-state index is 7.75. The fourth-order valence-corrected chi connectivity index (χ4v) is 59.1. The molecule has 0 radical (unpaired) electrons. The molecular formula is C117H221Cl5N5O5P10Ru5+15. The molecule has 5 unspecified atom stereocenters. The summed E-state index contributed by atoms with van der Waals surface area (Å²) in [5.74, 6) is 10.3. The van der Waals surface area contributed by atoms with Gasteiger partial charge in [0.1, 0.15) is 0 Å².